The van der Waals surface area contributed by atoms with Crippen LogP contribution in [0.4, 0.5) is 0 Å². The number of aromatic nitrogens is 1. The Morgan fingerprint density at radius 3 is 2.52 bits per heavy atom. The number of fused-ring (bicyclic) bond motifs is 1. The number of carbonyl (C=O) groups excluding carboxylic acids is 1. The number of hydrogen-bond donors (Lipinski definition) is 2. The highest BCUT2D eigenvalue weighted by atomic mass is 16.3. The number of aliphatic imine (C=N–C) groups is 1. The van der Waals surface area contributed by atoms with E-state index in [0.717, 1.165) is 53.6 Å². The number of nitrogens with zero attached hydrogens (tertiary/aromatic N) is 2. The quantitative estimate of drug-likeness (QED) is 0.444. The fourth-order valence-corrected chi connectivity index (χ4v) is 3.48. The zero-order valence-corrected chi connectivity index (χ0v) is 19.6. The molecule has 1 aliphatic rings. The number of rotatable bonds is 8. The normalized spacial score (nSPS) is 13.0. The maximum atomic E-state index is 12.3. The van der Waals surface area contributed by atoms with Crippen molar-refractivity contribution < 1.29 is 15.0 Å². The molecular weight excluding hydrogens is 412 g/mol. The maximum absolute atomic E-state index is 12.3. The fraction of sp³-hybridized carbons (Fsp3) is 0.250. The smallest absolute Gasteiger partial charge is 0.160 e. The molecule has 3 rings (SSSR count). The van der Waals surface area contributed by atoms with Crippen molar-refractivity contribution in [2.24, 2.45) is 4.99 Å². The van der Waals surface area contributed by atoms with Crippen molar-refractivity contribution in [3.05, 3.63) is 101 Å². The monoisotopic (exact) mass is 444 g/mol. The van der Waals surface area contributed by atoms with Crippen molar-refractivity contribution in [3.63, 3.8) is 0 Å². The molecule has 2 aromatic rings. The van der Waals surface area contributed by atoms with Gasteiger partial charge < -0.3 is 10.2 Å². The SMILES string of the molecule is C=C/C(=C\C=C(/C)c1ccc(CCCO)cc1)c1cc(C(C)=O)c2c(n1)CC=CN=C2.CO. The first-order valence-electron chi connectivity index (χ1n) is 10.9. The molecule has 2 N–H and O–H groups in total. The summed E-state index contributed by atoms with van der Waals surface area (Å²) in [7, 11) is 1.00. The van der Waals surface area contributed by atoms with E-state index in [9.17, 15) is 4.79 Å². The number of hydrogen-bond acceptors (Lipinski definition) is 5. The van der Waals surface area contributed by atoms with E-state index in [-0.39, 0.29) is 12.4 Å². The number of pyridine rings is 1. The Morgan fingerprint density at radius 1 is 1.15 bits per heavy atom. The first kappa shape index (κ1) is 25.8. The Hall–Kier alpha value is -3.41. The van der Waals surface area contributed by atoms with E-state index >= 15 is 0 Å². The average molecular weight is 445 g/mol. The van der Waals surface area contributed by atoms with E-state index in [1.807, 2.05) is 24.3 Å². The molecular formula is C28H32N2O3. The second-order valence-corrected chi connectivity index (χ2v) is 7.54. The molecule has 1 aromatic carbocycles. The van der Waals surface area contributed by atoms with Crippen molar-refractivity contribution in [3.8, 4) is 0 Å². The number of aliphatic hydroxyl groups excluding tert-OH is 2. The van der Waals surface area contributed by atoms with Gasteiger partial charge >= 0.3 is 0 Å². The van der Waals surface area contributed by atoms with Gasteiger partial charge in [-0.15, -0.1) is 0 Å². The number of allylic oxidation sites excluding steroid dienone is 6. The Morgan fingerprint density at radius 2 is 1.88 bits per heavy atom. The molecule has 0 saturated heterocycles. The van der Waals surface area contributed by atoms with Crippen LogP contribution in [0.5, 0.6) is 0 Å². The zero-order valence-electron chi connectivity index (χ0n) is 19.6. The molecule has 0 atom stereocenters. The fourth-order valence-electron chi connectivity index (χ4n) is 3.48. The van der Waals surface area contributed by atoms with Crippen molar-refractivity contribution in [2.45, 2.75) is 33.1 Å². The Bertz CT molecular complexity index is 1090. The molecule has 33 heavy (non-hydrogen) atoms. The molecule has 0 spiro atoms. The summed E-state index contributed by atoms with van der Waals surface area (Å²) in [5.41, 5.74) is 7.30. The summed E-state index contributed by atoms with van der Waals surface area (Å²) >= 11 is 0. The zero-order chi connectivity index (χ0) is 24.2. The van der Waals surface area contributed by atoms with Crippen LogP contribution in [0.15, 0.2) is 72.4 Å². The third-order valence-electron chi connectivity index (χ3n) is 5.28. The standard InChI is InChI=1S/C27H28N2O2.CH4O/c1-4-22(12-9-19(2)23-13-10-21(11-14-23)7-6-16-30)27-17-24(20(3)31)25-18-28-15-5-8-26(25)29-27;1-2/h4-5,9-15,17-18,30H,1,6-8,16H2,2-3H3;2H,1H3/b19-9+,22-12+;. The van der Waals surface area contributed by atoms with E-state index in [1.165, 1.54) is 5.56 Å². The first-order valence-corrected chi connectivity index (χ1v) is 10.9. The van der Waals surface area contributed by atoms with Crippen LogP contribution in [0.2, 0.25) is 0 Å². The Balaban J connectivity index is 0.00000187. The van der Waals surface area contributed by atoms with Crippen LogP contribution in [-0.2, 0) is 12.8 Å². The molecule has 1 aromatic heterocycles. The molecule has 0 aliphatic carbocycles. The van der Waals surface area contributed by atoms with Gasteiger partial charge in [-0.25, -0.2) is 0 Å². The molecule has 0 radical (unpaired) electrons. The number of Topliss-reactive ketones (excluding diaryl/α,β-unsaturated/α-hetero) is 1. The summed E-state index contributed by atoms with van der Waals surface area (Å²) in [6, 6.07) is 10.2. The van der Waals surface area contributed by atoms with E-state index < -0.39 is 0 Å². The number of aliphatic hydroxyl groups is 2. The lowest BCUT2D eigenvalue weighted by atomic mass is 9.98. The molecule has 0 saturated carbocycles. The van der Waals surface area contributed by atoms with E-state index in [2.05, 4.69) is 42.8 Å². The highest BCUT2D eigenvalue weighted by Gasteiger charge is 2.15. The van der Waals surface area contributed by atoms with Crippen LogP contribution >= 0.6 is 0 Å². The predicted octanol–water partition coefficient (Wildman–Crippen LogP) is 4.98. The summed E-state index contributed by atoms with van der Waals surface area (Å²) < 4.78 is 0. The van der Waals surface area contributed by atoms with Gasteiger partial charge in [-0.1, -0.05) is 55.1 Å². The van der Waals surface area contributed by atoms with Crippen LogP contribution in [0.3, 0.4) is 0 Å². The van der Waals surface area contributed by atoms with Crippen molar-refractivity contribution in [2.75, 3.05) is 13.7 Å². The van der Waals surface area contributed by atoms with Gasteiger partial charge in [0, 0.05) is 43.7 Å². The Kier molecular flexibility index (Phi) is 10.3. The van der Waals surface area contributed by atoms with Gasteiger partial charge in [0.15, 0.2) is 5.78 Å². The minimum Gasteiger partial charge on any atom is -0.400 e. The van der Waals surface area contributed by atoms with Gasteiger partial charge in [-0.05, 0) is 55.0 Å². The van der Waals surface area contributed by atoms with E-state index in [4.69, 9.17) is 15.2 Å². The van der Waals surface area contributed by atoms with Gasteiger partial charge in [0.2, 0.25) is 0 Å². The number of carbonyl (C=O) groups is 1. The average Bonchev–Trinajstić information content (AvgIpc) is 3.09. The summed E-state index contributed by atoms with van der Waals surface area (Å²) in [4.78, 5) is 21.3. The summed E-state index contributed by atoms with van der Waals surface area (Å²) in [5, 5.41) is 16.0. The van der Waals surface area contributed by atoms with Crippen molar-refractivity contribution >= 4 is 23.1 Å². The topological polar surface area (TPSA) is 82.8 Å². The lowest BCUT2D eigenvalue weighted by molar-refractivity contribution is 0.101. The molecule has 1 aliphatic heterocycles. The van der Waals surface area contributed by atoms with Crippen LogP contribution in [0, 0.1) is 0 Å². The maximum Gasteiger partial charge on any atom is 0.160 e. The minimum absolute atomic E-state index is 0.00956. The molecule has 0 fully saturated rings. The molecule has 0 bridgehead atoms. The molecule has 2 heterocycles. The third-order valence-corrected chi connectivity index (χ3v) is 5.28. The largest absolute Gasteiger partial charge is 0.400 e. The highest BCUT2D eigenvalue weighted by Crippen LogP contribution is 2.23. The van der Waals surface area contributed by atoms with Crippen LogP contribution in [0.1, 0.15) is 58.7 Å². The van der Waals surface area contributed by atoms with Crippen molar-refractivity contribution in [1.29, 1.82) is 0 Å². The summed E-state index contributed by atoms with van der Waals surface area (Å²) in [5.74, 6) is -0.00956. The van der Waals surface area contributed by atoms with Gasteiger partial charge in [0.05, 0.1) is 11.4 Å². The first-order chi connectivity index (χ1) is 16.0. The van der Waals surface area contributed by atoms with Gasteiger partial charge in [0.1, 0.15) is 0 Å². The summed E-state index contributed by atoms with van der Waals surface area (Å²) in [6.07, 6.45) is 13.5. The van der Waals surface area contributed by atoms with E-state index in [1.54, 1.807) is 25.4 Å². The van der Waals surface area contributed by atoms with Crippen LogP contribution in [-0.4, -0.2) is 40.9 Å². The van der Waals surface area contributed by atoms with Crippen LogP contribution in [0.25, 0.3) is 11.1 Å². The number of benzene rings is 1. The van der Waals surface area contributed by atoms with Gasteiger partial charge in [0.25, 0.3) is 0 Å². The molecule has 0 amide bonds. The molecule has 5 nitrogen and oxygen atoms in total. The molecule has 0 unspecified atom stereocenters. The second kappa shape index (κ2) is 13.2. The van der Waals surface area contributed by atoms with Crippen LogP contribution < -0.4 is 0 Å². The Labute approximate surface area is 196 Å². The third kappa shape index (κ3) is 7.04. The second-order valence-electron chi connectivity index (χ2n) is 7.54. The predicted molar refractivity (Wildman–Crippen MR) is 136 cm³/mol. The molecule has 5 heteroatoms. The number of ketones is 1. The number of aryl methyl sites for hydroxylation is 1. The van der Waals surface area contributed by atoms with Gasteiger partial charge in [-0.3, -0.25) is 14.8 Å². The van der Waals surface area contributed by atoms with Crippen molar-refractivity contribution in [1.82, 2.24) is 4.98 Å². The lowest BCUT2D eigenvalue weighted by Crippen LogP contribution is -2.07. The molecule has 172 valence electrons. The van der Waals surface area contributed by atoms with E-state index in [0.29, 0.717) is 12.0 Å². The lowest BCUT2D eigenvalue weighted by Gasteiger charge is -2.11. The minimum atomic E-state index is -0.00956. The summed E-state index contributed by atoms with van der Waals surface area (Å²) in [6.45, 7) is 7.79. The van der Waals surface area contributed by atoms with Gasteiger partial charge in [-0.2, -0.15) is 0 Å². The highest BCUT2D eigenvalue weighted by molar-refractivity contribution is 6.03.